The van der Waals surface area contributed by atoms with Gasteiger partial charge >= 0.3 is 0 Å². The van der Waals surface area contributed by atoms with E-state index >= 15 is 0 Å². The molecule has 1 aliphatic heterocycles. The molecule has 1 N–H and O–H groups in total. The van der Waals surface area contributed by atoms with E-state index in [1.54, 1.807) is 14.2 Å². The molecule has 0 saturated carbocycles. The van der Waals surface area contributed by atoms with Crippen LogP contribution in [0.3, 0.4) is 0 Å². The molecule has 3 rings (SSSR count). The highest BCUT2D eigenvalue weighted by Gasteiger charge is 2.22. The molecule has 0 saturated heterocycles. The summed E-state index contributed by atoms with van der Waals surface area (Å²) >= 11 is 0. The fraction of sp³-hybridized carbons (Fsp3) is 0.389. The summed E-state index contributed by atoms with van der Waals surface area (Å²) in [6.45, 7) is 0.995. The second kappa shape index (κ2) is 6.79. The smallest absolute Gasteiger partial charge is 0.161 e. The number of rotatable bonds is 5. The molecule has 1 unspecified atom stereocenters. The Morgan fingerprint density at radius 3 is 2.73 bits per heavy atom. The lowest BCUT2D eigenvalue weighted by Crippen LogP contribution is -2.30. The molecule has 4 heteroatoms. The second-order valence-electron chi connectivity index (χ2n) is 5.52. The minimum atomic E-state index is 0.338. The molecular formula is C18H22N2O2. The number of aromatic nitrogens is 1. The van der Waals surface area contributed by atoms with Gasteiger partial charge in [0.2, 0.25) is 0 Å². The van der Waals surface area contributed by atoms with Crippen molar-refractivity contribution in [3.05, 3.63) is 53.3 Å². The number of pyridine rings is 1. The van der Waals surface area contributed by atoms with Gasteiger partial charge in [-0.25, -0.2) is 0 Å². The van der Waals surface area contributed by atoms with Crippen LogP contribution in [-0.2, 0) is 12.8 Å². The summed E-state index contributed by atoms with van der Waals surface area (Å²) in [4.78, 5) is 4.41. The van der Waals surface area contributed by atoms with Gasteiger partial charge in [-0.2, -0.15) is 0 Å². The summed E-state index contributed by atoms with van der Waals surface area (Å²) in [5.41, 5.74) is 3.80. The Morgan fingerprint density at radius 1 is 1.18 bits per heavy atom. The molecule has 22 heavy (non-hydrogen) atoms. The van der Waals surface area contributed by atoms with Crippen LogP contribution < -0.4 is 14.8 Å². The molecule has 0 aliphatic carbocycles. The van der Waals surface area contributed by atoms with E-state index in [2.05, 4.69) is 28.5 Å². The first kappa shape index (κ1) is 14.9. The maximum Gasteiger partial charge on any atom is 0.161 e. The molecular weight excluding hydrogens is 276 g/mol. The Hall–Kier alpha value is -2.07. The zero-order valence-corrected chi connectivity index (χ0v) is 13.1. The van der Waals surface area contributed by atoms with Crippen molar-refractivity contribution in [2.75, 3.05) is 20.8 Å². The van der Waals surface area contributed by atoms with Crippen molar-refractivity contribution in [1.29, 1.82) is 0 Å². The number of aryl methyl sites for hydroxylation is 1. The van der Waals surface area contributed by atoms with Crippen LogP contribution in [-0.4, -0.2) is 25.7 Å². The Bertz CT molecular complexity index is 628. The topological polar surface area (TPSA) is 43.4 Å². The summed E-state index contributed by atoms with van der Waals surface area (Å²) in [6.07, 6.45) is 4.87. The number of nitrogens with one attached hydrogen (secondary N) is 1. The number of nitrogens with zero attached hydrogens (tertiary/aromatic N) is 1. The molecule has 0 radical (unpaired) electrons. The van der Waals surface area contributed by atoms with Gasteiger partial charge in [0.25, 0.3) is 0 Å². The molecule has 0 amide bonds. The van der Waals surface area contributed by atoms with Crippen molar-refractivity contribution in [3.63, 3.8) is 0 Å². The van der Waals surface area contributed by atoms with Gasteiger partial charge in [-0.05, 0) is 61.2 Å². The minimum Gasteiger partial charge on any atom is -0.493 e. The van der Waals surface area contributed by atoms with Gasteiger partial charge in [0, 0.05) is 17.9 Å². The average Bonchev–Trinajstić information content (AvgIpc) is 2.59. The zero-order chi connectivity index (χ0) is 15.4. The van der Waals surface area contributed by atoms with E-state index in [1.165, 1.54) is 11.1 Å². The number of fused-ring (bicyclic) bond motifs is 1. The van der Waals surface area contributed by atoms with E-state index in [-0.39, 0.29) is 0 Å². The standard InChI is InChI=1S/C18H22N2O2/c1-21-17-11-13-8-10-20-16(15(13)12-18(17)22-2)7-6-14-5-3-4-9-19-14/h3-5,9,11-12,16,20H,6-8,10H2,1-2H3. The van der Waals surface area contributed by atoms with Crippen LogP contribution in [0.4, 0.5) is 0 Å². The molecule has 1 atom stereocenters. The highest BCUT2D eigenvalue weighted by atomic mass is 16.5. The van der Waals surface area contributed by atoms with Crippen molar-refractivity contribution in [2.45, 2.75) is 25.3 Å². The highest BCUT2D eigenvalue weighted by Crippen LogP contribution is 2.36. The van der Waals surface area contributed by atoms with Crippen LogP contribution in [0.5, 0.6) is 11.5 Å². The zero-order valence-electron chi connectivity index (χ0n) is 13.1. The van der Waals surface area contributed by atoms with Gasteiger partial charge in [0.15, 0.2) is 11.5 Å². The van der Waals surface area contributed by atoms with E-state index in [1.807, 2.05) is 18.3 Å². The molecule has 1 aromatic carbocycles. The van der Waals surface area contributed by atoms with E-state index in [0.717, 1.165) is 43.0 Å². The molecule has 2 aromatic rings. The van der Waals surface area contributed by atoms with Gasteiger partial charge in [-0.3, -0.25) is 4.98 Å². The largest absolute Gasteiger partial charge is 0.493 e. The first-order valence-electron chi connectivity index (χ1n) is 7.70. The molecule has 0 spiro atoms. The molecule has 1 aromatic heterocycles. The highest BCUT2D eigenvalue weighted by molar-refractivity contribution is 5.49. The Kier molecular flexibility index (Phi) is 4.59. The molecule has 0 bridgehead atoms. The van der Waals surface area contributed by atoms with Crippen molar-refractivity contribution < 1.29 is 9.47 Å². The van der Waals surface area contributed by atoms with Crippen molar-refractivity contribution in [1.82, 2.24) is 10.3 Å². The van der Waals surface area contributed by atoms with Crippen LogP contribution >= 0.6 is 0 Å². The minimum absolute atomic E-state index is 0.338. The summed E-state index contributed by atoms with van der Waals surface area (Å²) in [5, 5.41) is 3.61. The SMILES string of the molecule is COc1cc2c(cc1OC)C(CCc1ccccn1)NCC2. The first-order valence-corrected chi connectivity index (χ1v) is 7.70. The molecule has 116 valence electrons. The molecule has 1 aliphatic rings. The number of hydrogen-bond donors (Lipinski definition) is 1. The Morgan fingerprint density at radius 2 is 2.00 bits per heavy atom. The van der Waals surface area contributed by atoms with Gasteiger partial charge < -0.3 is 14.8 Å². The van der Waals surface area contributed by atoms with Crippen molar-refractivity contribution in [3.8, 4) is 11.5 Å². The predicted molar refractivity (Wildman–Crippen MR) is 86.6 cm³/mol. The summed E-state index contributed by atoms with van der Waals surface area (Å²) < 4.78 is 10.9. The predicted octanol–water partition coefficient (Wildman–Crippen LogP) is 2.92. The number of methoxy groups -OCH3 is 2. The molecule has 0 fully saturated rings. The maximum atomic E-state index is 5.45. The van der Waals surface area contributed by atoms with Crippen LogP contribution in [0.15, 0.2) is 36.5 Å². The summed E-state index contributed by atoms with van der Waals surface area (Å²) in [7, 11) is 3.37. The van der Waals surface area contributed by atoms with Crippen molar-refractivity contribution in [2.24, 2.45) is 0 Å². The monoisotopic (exact) mass is 298 g/mol. The fourth-order valence-electron chi connectivity index (χ4n) is 3.06. The lowest BCUT2D eigenvalue weighted by atomic mass is 9.90. The van der Waals surface area contributed by atoms with Crippen LogP contribution in [0.1, 0.15) is 29.3 Å². The van der Waals surface area contributed by atoms with E-state index in [4.69, 9.17) is 9.47 Å². The maximum absolute atomic E-state index is 5.45. The third kappa shape index (κ3) is 3.07. The number of hydrogen-bond acceptors (Lipinski definition) is 4. The quantitative estimate of drug-likeness (QED) is 0.922. The van der Waals surface area contributed by atoms with Crippen molar-refractivity contribution >= 4 is 0 Å². The van der Waals surface area contributed by atoms with Gasteiger partial charge in [-0.1, -0.05) is 6.07 Å². The molecule has 2 heterocycles. The summed E-state index contributed by atoms with van der Waals surface area (Å²) in [5.74, 6) is 1.61. The Labute approximate surface area is 131 Å². The van der Waals surface area contributed by atoms with Gasteiger partial charge in [0.05, 0.1) is 14.2 Å². The van der Waals surface area contributed by atoms with E-state index < -0.39 is 0 Å². The third-order valence-corrected chi connectivity index (χ3v) is 4.22. The van der Waals surface area contributed by atoms with E-state index in [0.29, 0.717) is 6.04 Å². The third-order valence-electron chi connectivity index (χ3n) is 4.22. The lowest BCUT2D eigenvalue weighted by Gasteiger charge is -2.28. The van der Waals surface area contributed by atoms with Crippen LogP contribution in [0, 0.1) is 0 Å². The first-order chi connectivity index (χ1) is 10.8. The fourth-order valence-corrected chi connectivity index (χ4v) is 3.06. The lowest BCUT2D eigenvalue weighted by molar-refractivity contribution is 0.351. The second-order valence-corrected chi connectivity index (χ2v) is 5.52. The normalized spacial score (nSPS) is 16.9. The number of ether oxygens (including phenoxy) is 2. The summed E-state index contributed by atoms with van der Waals surface area (Å²) in [6, 6.07) is 10.6. The van der Waals surface area contributed by atoms with Crippen LogP contribution in [0.25, 0.3) is 0 Å². The van der Waals surface area contributed by atoms with Gasteiger partial charge in [0.1, 0.15) is 0 Å². The van der Waals surface area contributed by atoms with Crippen LogP contribution in [0.2, 0.25) is 0 Å². The Balaban J connectivity index is 1.81. The van der Waals surface area contributed by atoms with Gasteiger partial charge in [-0.15, -0.1) is 0 Å². The molecule has 4 nitrogen and oxygen atoms in total. The average molecular weight is 298 g/mol. The van der Waals surface area contributed by atoms with E-state index in [9.17, 15) is 0 Å². The number of benzene rings is 1.